The van der Waals surface area contributed by atoms with Crippen molar-refractivity contribution in [2.24, 2.45) is 0 Å². The van der Waals surface area contributed by atoms with Gasteiger partial charge in [0, 0.05) is 16.6 Å². The van der Waals surface area contributed by atoms with Crippen molar-refractivity contribution in [1.82, 2.24) is 19.7 Å². The standard InChI is InChI=1S/C22H21ClN4OS/c23-16-11-12-19-18(13-16)24-22(27(19)17-9-5-2-6-10-17)29-14-20-25-26-21(28-20)15-7-3-1-4-8-15/h1,3-4,7-8,11-13,17H,2,5-6,9-10,14H2. The van der Waals surface area contributed by atoms with Crippen molar-refractivity contribution in [3.8, 4) is 11.5 Å². The molecule has 4 aromatic rings. The first-order valence-electron chi connectivity index (χ1n) is 9.96. The molecule has 0 amide bonds. The van der Waals surface area contributed by atoms with Gasteiger partial charge >= 0.3 is 0 Å². The van der Waals surface area contributed by atoms with Crippen LogP contribution in [0.3, 0.4) is 0 Å². The lowest BCUT2D eigenvalue weighted by Gasteiger charge is -2.25. The van der Waals surface area contributed by atoms with Crippen LogP contribution in [-0.4, -0.2) is 19.7 Å². The number of aromatic nitrogens is 4. The van der Waals surface area contributed by atoms with Crippen LogP contribution in [0, 0.1) is 0 Å². The van der Waals surface area contributed by atoms with Crippen LogP contribution < -0.4 is 0 Å². The lowest BCUT2D eigenvalue weighted by molar-refractivity contribution is 0.343. The summed E-state index contributed by atoms with van der Waals surface area (Å²) in [6.07, 6.45) is 6.25. The van der Waals surface area contributed by atoms with Gasteiger partial charge in [-0.1, -0.05) is 60.8 Å². The fourth-order valence-corrected chi connectivity index (χ4v) is 5.06. The van der Waals surface area contributed by atoms with Gasteiger partial charge in [0.15, 0.2) is 5.16 Å². The number of rotatable bonds is 5. The van der Waals surface area contributed by atoms with E-state index in [2.05, 4.69) is 20.8 Å². The normalized spacial score (nSPS) is 15.2. The molecule has 0 saturated heterocycles. The highest BCUT2D eigenvalue weighted by molar-refractivity contribution is 7.98. The second-order valence-corrected chi connectivity index (χ2v) is 8.72. The van der Waals surface area contributed by atoms with E-state index in [1.54, 1.807) is 11.8 Å². The number of thioether (sulfide) groups is 1. The topological polar surface area (TPSA) is 56.7 Å². The number of hydrogen-bond acceptors (Lipinski definition) is 5. The highest BCUT2D eigenvalue weighted by Gasteiger charge is 2.22. The molecule has 2 heterocycles. The summed E-state index contributed by atoms with van der Waals surface area (Å²) in [5.41, 5.74) is 3.03. The monoisotopic (exact) mass is 424 g/mol. The minimum absolute atomic E-state index is 0.486. The van der Waals surface area contributed by atoms with Gasteiger partial charge in [-0.15, -0.1) is 10.2 Å². The molecule has 0 bridgehead atoms. The highest BCUT2D eigenvalue weighted by atomic mass is 35.5. The second kappa shape index (κ2) is 8.20. The number of fused-ring (bicyclic) bond motifs is 1. The van der Waals surface area contributed by atoms with Crippen molar-refractivity contribution in [3.63, 3.8) is 0 Å². The zero-order chi connectivity index (χ0) is 19.6. The number of benzene rings is 2. The first-order valence-corrected chi connectivity index (χ1v) is 11.3. The molecular formula is C22H21ClN4OS. The van der Waals surface area contributed by atoms with Crippen LogP contribution >= 0.6 is 23.4 Å². The van der Waals surface area contributed by atoms with Crippen LogP contribution in [-0.2, 0) is 5.75 Å². The molecule has 148 valence electrons. The Labute approximate surface area is 178 Å². The van der Waals surface area contributed by atoms with Gasteiger partial charge in [0.25, 0.3) is 0 Å². The third-order valence-corrected chi connectivity index (χ3v) is 6.54. The minimum atomic E-state index is 0.486. The molecule has 2 aromatic heterocycles. The van der Waals surface area contributed by atoms with Crippen LogP contribution in [0.5, 0.6) is 0 Å². The first-order chi connectivity index (χ1) is 14.3. The third-order valence-electron chi connectivity index (χ3n) is 5.37. The van der Waals surface area contributed by atoms with E-state index in [-0.39, 0.29) is 0 Å². The molecule has 0 atom stereocenters. The van der Waals surface area contributed by atoms with Crippen LogP contribution in [0.1, 0.15) is 44.0 Å². The van der Waals surface area contributed by atoms with Crippen molar-refractivity contribution in [3.05, 3.63) is 59.4 Å². The van der Waals surface area contributed by atoms with E-state index in [4.69, 9.17) is 21.0 Å². The quantitative estimate of drug-likeness (QED) is 0.340. The molecule has 0 N–H and O–H groups in total. The zero-order valence-electron chi connectivity index (χ0n) is 15.9. The van der Waals surface area contributed by atoms with Gasteiger partial charge in [-0.3, -0.25) is 0 Å². The fraction of sp³-hybridized carbons (Fsp3) is 0.318. The average molecular weight is 425 g/mol. The van der Waals surface area contributed by atoms with Crippen molar-refractivity contribution < 1.29 is 4.42 Å². The summed E-state index contributed by atoms with van der Waals surface area (Å²) in [5.74, 6) is 1.74. The van der Waals surface area contributed by atoms with E-state index in [0.29, 0.717) is 28.6 Å². The van der Waals surface area contributed by atoms with Crippen LogP contribution in [0.15, 0.2) is 58.1 Å². The van der Waals surface area contributed by atoms with E-state index in [9.17, 15) is 0 Å². The highest BCUT2D eigenvalue weighted by Crippen LogP contribution is 2.37. The molecule has 0 spiro atoms. The molecule has 2 aromatic carbocycles. The Morgan fingerprint density at radius 2 is 1.86 bits per heavy atom. The summed E-state index contributed by atoms with van der Waals surface area (Å²) in [4.78, 5) is 4.88. The van der Waals surface area contributed by atoms with Gasteiger partial charge in [-0.25, -0.2) is 4.98 Å². The number of halogens is 1. The van der Waals surface area contributed by atoms with Gasteiger partial charge in [0.2, 0.25) is 11.8 Å². The maximum Gasteiger partial charge on any atom is 0.247 e. The van der Waals surface area contributed by atoms with E-state index < -0.39 is 0 Å². The summed E-state index contributed by atoms with van der Waals surface area (Å²) >= 11 is 7.86. The summed E-state index contributed by atoms with van der Waals surface area (Å²) in [7, 11) is 0. The van der Waals surface area contributed by atoms with Gasteiger partial charge in [0.05, 0.1) is 16.8 Å². The van der Waals surface area contributed by atoms with E-state index in [0.717, 1.165) is 21.8 Å². The van der Waals surface area contributed by atoms with Gasteiger partial charge < -0.3 is 8.98 Å². The number of imidazole rings is 1. The molecule has 5 rings (SSSR count). The molecule has 0 aliphatic heterocycles. The third kappa shape index (κ3) is 3.91. The molecule has 0 radical (unpaired) electrons. The summed E-state index contributed by atoms with van der Waals surface area (Å²) < 4.78 is 8.26. The Bertz CT molecular complexity index is 1120. The van der Waals surface area contributed by atoms with Crippen LogP contribution in [0.25, 0.3) is 22.5 Å². The van der Waals surface area contributed by atoms with Crippen LogP contribution in [0.2, 0.25) is 5.02 Å². The average Bonchev–Trinajstić information content (AvgIpc) is 3.37. The van der Waals surface area contributed by atoms with E-state index >= 15 is 0 Å². The Morgan fingerprint density at radius 3 is 2.69 bits per heavy atom. The summed E-state index contributed by atoms with van der Waals surface area (Å²) in [6.45, 7) is 0. The van der Waals surface area contributed by atoms with Gasteiger partial charge in [0.1, 0.15) is 0 Å². The smallest absolute Gasteiger partial charge is 0.247 e. The summed E-state index contributed by atoms with van der Waals surface area (Å²) in [6, 6.07) is 16.3. The Kier molecular flexibility index (Phi) is 5.29. The minimum Gasteiger partial charge on any atom is -0.420 e. The predicted octanol–water partition coefficient (Wildman–Crippen LogP) is 6.54. The maximum absolute atomic E-state index is 6.21. The SMILES string of the molecule is Clc1ccc2c(c1)nc(SCc1nnc(-c3ccccc3)o1)n2C1CCCCC1. The van der Waals surface area contributed by atoms with Crippen molar-refractivity contribution in [2.45, 2.75) is 49.1 Å². The zero-order valence-corrected chi connectivity index (χ0v) is 17.5. The molecule has 1 aliphatic rings. The maximum atomic E-state index is 6.21. The molecule has 7 heteroatoms. The van der Waals surface area contributed by atoms with Crippen molar-refractivity contribution in [2.75, 3.05) is 0 Å². The Balaban J connectivity index is 1.42. The number of nitrogens with zero attached hydrogens (tertiary/aromatic N) is 4. The fourth-order valence-electron chi connectivity index (χ4n) is 3.98. The van der Waals surface area contributed by atoms with E-state index in [1.165, 1.54) is 32.1 Å². The van der Waals surface area contributed by atoms with Crippen LogP contribution in [0.4, 0.5) is 0 Å². The predicted molar refractivity (Wildman–Crippen MR) is 116 cm³/mol. The van der Waals surface area contributed by atoms with Crippen molar-refractivity contribution in [1.29, 1.82) is 0 Å². The molecule has 1 saturated carbocycles. The Morgan fingerprint density at radius 1 is 1.03 bits per heavy atom. The first kappa shape index (κ1) is 18.7. The van der Waals surface area contributed by atoms with E-state index in [1.807, 2.05) is 42.5 Å². The Hall–Kier alpha value is -2.31. The van der Waals surface area contributed by atoms with Crippen molar-refractivity contribution >= 4 is 34.4 Å². The van der Waals surface area contributed by atoms with Gasteiger partial charge in [-0.2, -0.15) is 0 Å². The molecule has 0 unspecified atom stereocenters. The lowest BCUT2D eigenvalue weighted by atomic mass is 9.95. The lowest BCUT2D eigenvalue weighted by Crippen LogP contribution is -2.13. The molecule has 1 fully saturated rings. The van der Waals surface area contributed by atoms with Gasteiger partial charge in [-0.05, 0) is 43.2 Å². The molecule has 29 heavy (non-hydrogen) atoms. The number of hydrogen-bond donors (Lipinski definition) is 0. The largest absolute Gasteiger partial charge is 0.420 e. The summed E-state index contributed by atoms with van der Waals surface area (Å²) in [5, 5.41) is 10.1. The molecular weight excluding hydrogens is 404 g/mol. The molecule has 1 aliphatic carbocycles. The molecule has 5 nitrogen and oxygen atoms in total. The second-order valence-electron chi connectivity index (χ2n) is 7.34.